The second-order valence-electron chi connectivity index (χ2n) is 22.6. The zero-order valence-corrected chi connectivity index (χ0v) is 48.0. The van der Waals surface area contributed by atoms with E-state index < -0.39 is 0 Å². The number of pyridine rings is 1. The fourth-order valence-corrected chi connectivity index (χ4v) is 13.7. The quantitative estimate of drug-likeness (QED) is 0.149. The number of para-hydroxylation sites is 6. The maximum absolute atomic E-state index is 5.19. The summed E-state index contributed by atoms with van der Waals surface area (Å²) >= 11 is 0. The minimum absolute atomic E-state index is 0.948. The molecule has 0 amide bonds. The number of hydrogen-bond donors (Lipinski definition) is 0. The third-order valence-corrected chi connectivity index (χ3v) is 17.6. The lowest BCUT2D eigenvalue weighted by molar-refractivity contribution is 1.14. The first-order valence-corrected chi connectivity index (χ1v) is 30.1. The highest BCUT2D eigenvalue weighted by molar-refractivity contribution is 6.25. The first-order chi connectivity index (χ1) is 43.7. The Balaban J connectivity index is 0.000000137. The number of benzene rings is 13. The van der Waals surface area contributed by atoms with Gasteiger partial charge in [-0.25, -0.2) is 4.98 Å². The fraction of sp³-hybridized carbons (Fsp3) is 0. The normalized spacial score (nSPS) is 11.6. The summed E-state index contributed by atoms with van der Waals surface area (Å²) < 4.78 is 9.82. The molecular formula is C83H55N5. The molecule has 18 aromatic rings. The molecule has 0 radical (unpaired) electrons. The molecule has 0 N–H and O–H groups in total. The summed E-state index contributed by atoms with van der Waals surface area (Å²) in [5, 5.41) is 9.95. The number of rotatable bonds is 8. The summed E-state index contributed by atoms with van der Waals surface area (Å²) in [7, 11) is 0. The van der Waals surface area contributed by atoms with Crippen molar-refractivity contribution in [1.29, 1.82) is 0 Å². The van der Waals surface area contributed by atoms with Gasteiger partial charge in [0.2, 0.25) is 0 Å². The molecule has 5 heterocycles. The Kier molecular flexibility index (Phi) is 12.1. The van der Waals surface area contributed by atoms with E-state index in [1.54, 1.807) is 0 Å². The highest BCUT2D eigenvalue weighted by atomic mass is 15.1. The van der Waals surface area contributed by atoms with E-state index in [1.807, 2.05) is 0 Å². The van der Waals surface area contributed by atoms with Gasteiger partial charge in [-0.1, -0.05) is 255 Å². The number of aromatic nitrogens is 5. The van der Waals surface area contributed by atoms with Crippen LogP contribution in [0.25, 0.3) is 155 Å². The Morgan fingerprint density at radius 3 is 0.739 bits per heavy atom. The molecule has 0 unspecified atom stereocenters. The van der Waals surface area contributed by atoms with Crippen LogP contribution in [0.3, 0.4) is 0 Å². The predicted molar refractivity (Wildman–Crippen MR) is 370 cm³/mol. The van der Waals surface area contributed by atoms with Crippen molar-refractivity contribution in [2.24, 2.45) is 0 Å². The van der Waals surface area contributed by atoms with Gasteiger partial charge >= 0.3 is 0 Å². The molecule has 5 heteroatoms. The standard InChI is InChI=1S/C42H28N2.C41H27N3/c1-4-14-29(15-5-1)31-26-32(30-16-6-2-7-17-30)28-34(27-31)44-40-23-13-11-21-36(40)38-25-24-37-35-20-10-12-22-39(35)43(41(37)42(38)44)33-18-8-3-9-19-33;1-4-14-28(15-5-1)36-26-31(27-37(42-36)29-16-6-2-7-17-29)44-39-23-13-11-21-33(39)35-25-24-34-32-20-10-12-22-38(32)43(40(34)41(35)44)30-18-8-3-9-19-30/h1-28H;1-27H. The van der Waals surface area contributed by atoms with Crippen LogP contribution in [0.2, 0.25) is 0 Å². The van der Waals surface area contributed by atoms with Gasteiger partial charge in [-0.2, -0.15) is 0 Å². The van der Waals surface area contributed by atoms with Crippen LogP contribution in [0.1, 0.15) is 0 Å². The first kappa shape index (κ1) is 50.7. The monoisotopic (exact) mass is 1120 g/mol. The highest BCUT2D eigenvalue weighted by Gasteiger charge is 2.24. The van der Waals surface area contributed by atoms with E-state index in [4.69, 9.17) is 4.98 Å². The minimum Gasteiger partial charge on any atom is -0.307 e. The van der Waals surface area contributed by atoms with Crippen LogP contribution in [0.15, 0.2) is 334 Å². The molecule has 0 atom stereocenters. The maximum atomic E-state index is 5.19. The average Bonchev–Trinajstić information content (AvgIpc) is 1.67. The molecule has 5 nitrogen and oxygen atoms in total. The van der Waals surface area contributed by atoms with Crippen LogP contribution < -0.4 is 0 Å². The summed E-state index contributed by atoms with van der Waals surface area (Å²) in [5.74, 6) is 0. The summed E-state index contributed by atoms with van der Waals surface area (Å²) in [6.45, 7) is 0. The maximum Gasteiger partial charge on any atom is 0.0788 e. The Morgan fingerprint density at radius 1 is 0.170 bits per heavy atom. The summed E-state index contributed by atoms with van der Waals surface area (Å²) in [5.41, 5.74) is 23.0. The fourth-order valence-electron chi connectivity index (χ4n) is 13.7. The lowest BCUT2D eigenvalue weighted by atomic mass is 9.98. The number of fused-ring (bicyclic) bond motifs is 14. The van der Waals surface area contributed by atoms with E-state index in [1.165, 1.54) is 109 Å². The van der Waals surface area contributed by atoms with Crippen LogP contribution >= 0.6 is 0 Å². The SMILES string of the molecule is c1ccc(-c2cc(-c3ccccc3)cc(-n3c4ccccc4c4ccc5c6ccccc6n(-c6ccccc6)c5c43)c2)cc1.c1ccc(-c2cc(-n3c4ccccc4c4ccc5c6ccccc6n(-c6ccccc6)c5c43)cc(-c3ccccc3)n2)cc1. The van der Waals surface area contributed by atoms with Gasteiger partial charge in [0.1, 0.15) is 0 Å². The zero-order valence-electron chi connectivity index (χ0n) is 48.0. The molecule has 0 bridgehead atoms. The van der Waals surface area contributed by atoms with E-state index in [9.17, 15) is 0 Å². The Morgan fingerprint density at radius 2 is 0.420 bits per heavy atom. The van der Waals surface area contributed by atoms with E-state index in [-0.39, 0.29) is 0 Å². The minimum atomic E-state index is 0.948. The molecule has 0 fully saturated rings. The first-order valence-electron chi connectivity index (χ1n) is 30.1. The third kappa shape index (κ3) is 8.35. The Hall–Kier alpha value is -11.8. The van der Waals surface area contributed by atoms with Gasteiger partial charge in [0, 0.05) is 71.3 Å². The topological polar surface area (TPSA) is 32.6 Å². The molecule has 0 aliphatic rings. The van der Waals surface area contributed by atoms with Crippen LogP contribution in [0.4, 0.5) is 0 Å². The van der Waals surface area contributed by atoms with E-state index in [0.717, 1.165) is 45.3 Å². The summed E-state index contributed by atoms with van der Waals surface area (Å²) in [6.07, 6.45) is 0. The van der Waals surface area contributed by atoms with E-state index >= 15 is 0 Å². The van der Waals surface area contributed by atoms with E-state index in [0.29, 0.717) is 0 Å². The molecule has 18 rings (SSSR count). The largest absolute Gasteiger partial charge is 0.307 e. The number of nitrogens with zero attached hydrogens (tertiary/aromatic N) is 5. The zero-order chi connectivity index (χ0) is 58.1. The molecule has 13 aromatic carbocycles. The summed E-state index contributed by atoms with van der Waals surface area (Å²) in [4.78, 5) is 5.19. The van der Waals surface area contributed by atoms with Crippen molar-refractivity contribution in [2.45, 2.75) is 0 Å². The highest BCUT2D eigenvalue weighted by Crippen LogP contribution is 2.45. The molecule has 412 valence electrons. The van der Waals surface area contributed by atoms with Crippen LogP contribution in [0, 0.1) is 0 Å². The molecule has 0 aliphatic carbocycles. The average molecular weight is 1120 g/mol. The molecule has 0 aliphatic heterocycles. The van der Waals surface area contributed by atoms with Crippen molar-refractivity contribution in [3.05, 3.63) is 334 Å². The number of hydrogen-bond acceptors (Lipinski definition) is 1. The van der Waals surface area contributed by atoms with Crippen LogP contribution in [0.5, 0.6) is 0 Å². The Labute approximate surface area is 508 Å². The van der Waals surface area contributed by atoms with Crippen LogP contribution in [-0.4, -0.2) is 23.3 Å². The van der Waals surface area contributed by atoms with E-state index in [2.05, 4.69) is 352 Å². The van der Waals surface area contributed by atoms with Crippen molar-refractivity contribution in [2.75, 3.05) is 0 Å². The second kappa shape index (κ2) is 21.1. The molecule has 0 saturated carbocycles. The third-order valence-electron chi connectivity index (χ3n) is 17.6. The van der Waals surface area contributed by atoms with Gasteiger partial charge in [-0.05, 0) is 101 Å². The summed E-state index contributed by atoms with van der Waals surface area (Å²) in [6, 6.07) is 120. The van der Waals surface area contributed by atoms with Gasteiger partial charge in [0.25, 0.3) is 0 Å². The smallest absolute Gasteiger partial charge is 0.0788 e. The Bertz CT molecular complexity index is 5170. The van der Waals surface area contributed by atoms with Crippen molar-refractivity contribution < 1.29 is 0 Å². The second-order valence-corrected chi connectivity index (χ2v) is 22.6. The molecule has 0 spiro atoms. The van der Waals surface area contributed by atoms with Gasteiger partial charge in [0.05, 0.1) is 61.2 Å². The van der Waals surface area contributed by atoms with Crippen molar-refractivity contribution in [3.8, 4) is 67.5 Å². The lowest BCUT2D eigenvalue weighted by Gasteiger charge is -2.15. The molecule has 5 aromatic heterocycles. The van der Waals surface area contributed by atoms with Gasteiger partial charge in [0.15, 0.2) is 0 Å². The van der Waals surface area contributed by atoms with Crippen molar-refractivity contribution >= 4 is 87.2 Å². The van der Waals surface area contributed by atoms with Gasteiger partial charge in [-0.15, -0.1) is 0 Å². The van der Waals surface area contributed by atoms with Gasteiger partial charge in [-0.3, -0.25) is 0 Å². The molecule has 88 heavy (non-hydrogen) atoms. The van der Waals surface area contributed by atoms with Crippen molar-refractivity contribution in [1.82, 2.24) is 23.3 Å². The molecular weight excluding hydrogens is 1070 g/mol. The predicted octanol–water partition coefficient (Wildman–Crippen LogP) is 21.8. The van der Waals surface area contributed by atoms with Crippen LogP contribution in [-0.2, 0) is 0 Å². The lowest BCUT2D eigenvalue weighted by Crippen LogP contribution is -2.00. The van der Waals surface area contributed by atoms with Gasteiger partial charge < -0.3 is 18.3 Å². The van der Waals surface area contributed by atoms with Crippen molar-refractivity contribution in [3.63, 3.8) is 0 Å². The molecule has 0 saturated heterocycles.